The zero-order valence-electron chi connectivity index (χ0n) is 31.0. The summed E-state index contributed by atoms with van der Waals surface area (Å²) < 4.78 is 29.3. The third kappa shape index (κ3) is 6.61. The molecular formula is C37H46O20S. The number of thioether (sulfide) groups is 1. The Bertz CT molecular complexity index is 1880. The van der Waals surface area contributed by atoms with Gasteiger partial charge < -0.3 is 85.0 Å². The fraction of sp³-hybridized carbons (Fsp3) is 0.649. The highest BCUT2D eigenvalue weighted by atomic mass is 32.2. The van der Waals surface area contributed by atoms with E-state index < -0.39 is 172 Å². The summed E-state index contributed by atoms with van der Waals surface area (Å²) in [7, 11) is 0. The van der Waals surface area contributed by atoms with E-state index in [2.05, 4.69) is 0 Å². The van der Waals surface area contributed by atoms with Crippen LogP contribution in [-0.2, 0) is 28.5 Å². The topological polar surface area (TPSA) is 340 Å². The zero-order valence-corrected chi connectivity index (χ0v) is 31.8. The predicted octanol–water partition coefficient (Wildman–Crippen LogP) is -4.22. The van der Waals surface area contributed by atoms with Crippen molar-refractivity contribution in [2.75, 3.05) is 13.2 Å². The van der Waals surface area contributed by atoms with Crippen molar-refractivity contribution in [1.82, 2.24) is 0 Å². The average molecular weight is 843 g/mol. The van der Waals surface area contributed by atoms with Crippen molar-refractivity contribution in [3.8, 4) is 5.75 Å². The molecule has 0 unspecified atom stereocenters. The molecule has 0 radical (unpaired) electrons. The second kappa shape index (κ2) is 15.6. The van der Waals surface area contributed by atoms with Gasteiger partial charge in [0.2, 0.25) is 5.78 Å². The Morgan fingerprint density at radius 3 is 2.10 bits per heavy atom. The molecule has 0 amide bonds. The Hall–Kier alpha value is -2.78. The summed E-state index contributed by atoms with van der Waals surface area (Å²) in [6.45, 7) is 0.730. The van der Waals surface area contributed by atoms with Crippen LogP contribution in [0.3, 0.4) is 0 Å². The lowest BCUT2D eigenvalue weighted by molar-refractivity contribution is -0.356. The van der Waals surface area contributed by atoms with Crippen molar-refractivity contribution < 1.29 is 99.3 Å². The molecule has 58 heavy (non-hydrogen) atoms. The van der Waals surface area contributed by atoms with Crippen LogP contribution in [0.5, 0.6) is 5.75 Å². The monoisotopic (exact) mass is 842 g/mol. The zero-order chi connectivity index (χ0) is 42.4. The van der Waals surface area contributed by atoms with Gasteiger partial charge in [0.05, 0.1) is 53.5 Å². The summed E-state index contributed by atoms with van der Waals surface area (Å²) in [5.74, 6) is -4.25. The molecule has 17 atom stereocenters. The summed E-state index contributed by atoms with van der Waals surface area (Å²) in [6, 6.07) is 3.57. The first-order valence-electron chi connectivity index (χ1n) is 18.6. The van der Waals surface area contributed by atoms with Crippen LogP contribution < -0.4 is 0 Å². The molecule has 6 aliphatic rings. The summed E-state index contributed by atoms with van der Waals surface area (Å²) >= 11 is 0.371. The van der Waals surface area contributed by atoms with Crippen molar-refractivity contribution in [1.29, 1.82) is 0 Å². The van der Waals surface area contributed by atoms with Gasteiger partial charge in [-0.15, -0.1) is 11.8 Å². The minimum atomic E-state index is -3.11. The Morgan fingerprint density at radius 2 is 1.47 bits per heavy atom. The summed E-state index contributed by atoms with van der Waals surface area (Å²) in [6.07, 6.45) is -22.5. The number of ketones is 3. The van der Waals surface area contributed by atoms with Gasteiger partial charge in [0.15, 0.2) is 36.0 Å². The fourth-order valence-electron chi connectivity index (χ4n) is 8.54. The van der Waals surface area contributed by atoms with Gasteiger partial charge >= 0.3 is 0 Å². The number of carbonyl (C=O) groups excluding carboxylic acids is 3. The van der Waals surface area contributed by atoms with Gasteiger partial charge in [-0.25, -0.2) is 0 Å². The van der Waals surface area contributed by atoms with Gasteiger partial charge in [-0.05, 0) is 32.4 Å². The lowest BCUT2D eigenvalue weighted by atomic mass is 9.56. The number of rotatable bonds is 8. The highest BCUT2D eigenvalue weighted by molar-refractivity contribution is 8.03. The summed E-state index contributed by atoms with van der Waals surface area (Å²) in [5, 5.41) is 130. The standard InChI is InChI=1S/C37H46O20S/c1-12-15(40)6-7-20(53-12)57-37-22-14(23(42)21-13(24(22)43)4-3-5-16(21)41)8-19(36(37,52)11-35(2,51)31(49)32(37)50)58-30-28(47)26(45)18(10-39)55-34(30)56-33-29(48)27(46)25(44)17(9-38)54-33/h3-5,8,12,15,17-18,20,25-31,33-34,38-41,44-49,51-52H,6-7,9-11H2,1-2H3/t12-,15-,17-,18-,20-,25-,26+,27-,28-,29+,30-,31-,33-,34-,35-,36+,37-/m1/s1. The second-order valence-corrected chi connectivity index (χ2v) is 16.9. The first-order valence-corrected chi connectivity index (χ1v) is 19.4. The lowest BCUT2D eigenvalue weighted by Crippen LogP contribution is -2.77. The number of phenols is 1. The molecule has 21 heteroatoms. The third-order valence-electron chi connectivity index (χ3n) is 11.8. The Labute approximate surface area is 333 Å². The Balaban J connectivity index is 1.41. The number of aromatic hydroxyl groups is 1. The number of hydrogen-bond donors (Lipinski definition) is 12. The number of phenolic OH excluding ortho intramolecular Hbond substituents is 1. The summed E-state index contributed by atoms with van der Waals surface area (Å²) in [4.78, 5) is 43.4. The van der Waals surface area contributed by atoms with E-state index in [0.717, 1.165) is 19.1 Å². The van der Waals surface area contributed by atoms with Crippen LogP contribution in [0.4, 0.5) is 0 Å². The maximum Gasteiger partial charge on any atom is 0.204 e. The van der Waals surface area contributed by atoms with Gasteiger partial charge in [0.25, 0.3) is 0 Å². The molecule has 1 aromatic rings. The van der Waals surface area contributed by atoms with Gasteiger partial charge in [0.1, 0.15) is 54.1 Å². The maximum atomic E-state index is 14.9. The van der Waals surface area contributed by atoms with E-state index in [9.17, 15) is 75.7 Å². The van der Waals surface area contributed by atoms with Gasteiger partial charge in [-0.3, -0.25) is 14.4 Å². The van der Waals surface area contributed by atoms with Crippen molar-refractivity contribution in [2.45, 2.75) is 135 Å². The number of fused-ring (bicyclic) bond motifs is 3. The van der Waals surface area contributed by atoms with Gasteiger partial charge in [-0.1, -0.05) is 12.1 Å². The third-order valence-corrected chi connectivity index (χ3v) is 13.3. The van der Waals surface area contributed by atoms with Crippen molar-refractivity contribution in [3.63, 3.8) is 0 Å². The SMILES string of the molecule is C[C@H]1O[C@H](O[C@]23C(=O)[C@@H](O)[C@](C)(O)C[C@]2(O)C(S[C@H]2[C@@H](O[C@H]4O[C@H](CO)[C@@H](O)[C@@H](O)[C@@H]4O)O[C@H](CO)[C@H](O)[C@H]2O)=CC2=C3C(=O)c3cccc(O)c3C2=O)CC[C@H]1O. The first kappa shape index (κ1) is 43.3. The highest BCUT2D eigenvalue weighted by Crippen LogP contribution is 2.59. The fourth-order valence-corrected chi connectivity index (χ4v) is 9.97. The first-order chi connectivity index (χ1) is 27.2. The molecule has 7 rings (SSSR count). The van der Waals surface area contributed by atoms with Gasteiger partial charge in [0, 0.05) is 28.9 Å². The molecule has 3 heterocycles. The number of allylic oxidation sites excluding steroid dienone is 2. The summed E-state index contributed by atoms with van der Waals surface area (Å²) in [5.41, 5.74) is -10.9. The van der Waals surface area contributed by atoms with E-state index in [4.69, 9.17) is 23.7 Å². The predicted molar refractivity (Wildman–Crippen MR) is 190 cm³/mol. The number of aliphatic hydroxyl groups is 11. The van der Waals surface area contributed by atoms with Crippen LogP contribution in [0.25, 0.3) is 0 Å². The van der Waals surface area contributed by atoms with Crippen LogP contribution in [0.15, 0.2) is 40.3 Å². The molecule has 1 saturated carbocycles. The molecule has 20 nitrogen and oxygen atoms in total. The van der Waals surface area contributed by atoms with Crippen molar-refractivity contribution in [2.24, 2.45) is 0 Å². The number of hydrogen-bond acceptors (Lipinski definition) is 21. The Morgan fingerprint density at radius 1 is 0.828 bits per heavy atom. The largest absolute Gasteiger partial charge is 0.507 e. The molecule has 3 aliphatic heterocycles. The smallest absolute Gasteiger partial charge is 0.204 e. The minimum Gasteiger partial charge on any atom is -0.507 e. The number of aliphatic hydroxyl groups excluding tert-OH is 9. The second-order valence-electron chi connectivity index (χ2n) is 15.7. The maximum absolute atomic E-state index is 14.9. The van der Waals surface area contributed by atoms with E-state index >= 15 is 0 Å². The molecule has 0 bridgehead atoms. The van der Waals surface area contributed by atoms with E-state index in [0.29, 0.717) is 11.8 Å². The van der Waals surface area contributed by atoms with E-state index in [-0.39, 0.29) is 12.8 Å². The quantitative estimate of drug-likeness (QED) is 0.118. The van der Waals surface area contributed by atoms with E-state index in [1.165, 1.54) is 19.1 Å². The lowest BCUT2D eigenvalue weighted by Gasteiger charge is -2.58. The average Bonchev–Trinajstić information content (AvgIpc) is 3.18. The number of carbonyl (C=O) groups is 3. The molecule has 320 valence electrons. The van der Waals surface area contributed by atoms with Gasteiger partial charge in [-0.2, -0.15) is 0 Å². The van der Waals surface area contributed by atoms with Crippen LogP contribution >= 0.6 is 11.8 Å². The van der Waals surface area contributed by atoms with Crippen LogP contribution in [0, 0.1) is 0 Å². The molecule has 4 fully saturated rings. The van der Waals surface area contributed by atoms with Crippen molar-refractivity contribution in [3.05, 3.63) is 51.5 Å². The molecule has 1 aromatic carbocycles. The van der Waals surface area contributed by atoms with E-state index in [1.54, 1.807) is 0 Å². The molecule has 3 aliphatic carbocycles. The van der Waals surface area contributed by atoms with E-state index in [1.807, 2.05) is 0 Å². The number of Topliss-reactive ketones (excluding diaryl/α,β-unsaturated/α-hetero) is 3. The molecule has 12 N–H and O–H groups in total. The normalized spacial score (nSPS) is 45.7. The number of ether oxygens (including phenoxy) is 5. The molecule has 0 spiro atoms. The van der Waals surface area contributed by atoms with Crippen LogP contribution in [0.1, 0.15) is 53.8 Å². The minimum absolute atomic E-state index is 0.0359. The van der Waals surface area contributed by atoms with Crippen LogP contribution in [0.2, 0.25) is 0 Å². The molecular weight excluding hydrogens is 796 g/mol. The molecule has 3 saturated heterocycles. The number of benzene rings is 1. The Kier molecular flexibility index (Phi) is 11.6. The molecule has 0 aromatic heterocycles. The van der Waals surface area contributed by atoms with Crippen molar-refractivity contribution >= 4 is 29.1 Å². The highest BCUT2D eigenvalue weighted by Gasteiger charge is 2.74. The van der Waals surface area contributed by atoms with Crippen LogP contribution in [-0.4, -0.2) is 194 Å².